The summed E-state index contributed by atoms with van der Waals surface area (Å²) in [7, 11) is 3.98. The Hall–Kier alpha value is -1.66. The molecule has 0 amide bonds. The van der Waals surface area contributed by atoms with Gasteiger partial charge in [-0.2, -0.15) is 11.1 Å². The molecule has 0 spiro atoms. The van der Waals surface area contributed by atoms with Crippen LogP contribution in [0.4, 0.5) is 0 Å². The van der Waals surface area contributed by atoms with Gasteiger partial charge >= 0.3 is 21.7 Å². The third kappa shape index (κ3) is 9.67. The van der Waals surface area contributed by atoms with E-state index < -0.39 is 8.80 Å². The van der Waals surface area contributed by atoms with Gasteiger partial charge in [0.1, 0.15) is 17.2 Å². The van der Waals surface area contributed by atoms with Crippen molar-refractivity contribution in [3.8, 4) is 17.2 Å². The second kappa shape index (κ2) is 19.1. The Morgan fingerprint density at radius 1 is 0.523 bits per heavy atom. The van der Waals surface area contributed by atoms with Gasteiger partial charge in [-0.05, 0) is 90.5 Å². The molecule has 0 aromatic heterocycles. The molecule has 0 aliphatic heterocycles. The Balaban J connectivity index is 0. The number of hydrogen-bond donors (Lipinski definition) is 0. The summed E-state index contributed by atoms with van der Waals surface area (Å²) in [5, 5.41) is 4.07. The fourth-order valence-electron chi connectivity index (χ4n) is 5.91. The van der Waals surface area contributed by atoms with Gasteiger partial charge in [0.2, 0.25) is 0 Å². The molecule has 1 aliphatic rings. The van der Waals surface area contributed by atoms with Gasteiger partial charge in [0, 0.05) is 0 Å². The van der Waals surface area contributed by atoms with Crippen molar-refractivity contribution in [2.75, 3.05) is 21.3 Å². The first kappa shape index (κ1) is 44.5. The van der Waals surface area contributed by atoms with Crippen molar-refractivity contribution in [2.24, 2.45) is 5.92 Å². The molecule has 0 N–H and O–H groups in total. The molecule has 0 saturated heterocycles. The van der Waals surface area contributed by atoms with E-state index in [1.165, 1.54) is 65.7 Å². The number of ether oxygens (including phenoxy) is 3. The van der Waals surface area contributed by atoms with Gasteiger partial charge in [-0.1, -0.05) is 63.1 Å². The monoisotopic (exact) mass is 707 g/mol. The zero-order valence-corrected chi connectivity index (χ0v) is 33.2. The molecule has 44 heavy (non-hydrogen) atoms. The standard InChI is InChI=1S/C27H33O3Si.C9H13.3ClH.Ti/c1-16-10-22(11-17(2)25(16)28-7)31(23-12-18(3)26(29-8)19(4)13-23)24-14-20(5)27(30-9)21(6)15-24;1-6-5-7(2)9(4)8(6)3;;;;/h10-15H,1-9H3;6H,1-4H3;3*1H;/q;-1;;;;+4/p-3. The van der Waals surface area contributed by atoms with Crippen LogP contribution in [-0.2, 0) is 21.7 Å². The minimum Gasteiger partial charge on any atom is -1.00 e. The SMILES string of the molecule is CC1=[C-]C(C)C(C)=C1C.COc1c(C)cc([Si](c2cc(C)c(OC)c(C)c2)c2cc(C)c(OC)c(C)c2)cc1C.[Cl-].[Cl-].[Cl-].[Ti+4]. The van der Waals surface area contributed by atoms with Gasteiger partial charge in [0.05, 0.1) is 21.3 Å². The minimum atomic E-state index is -1.25. The topological polar surface area (TPSA) is 27.7 Å². The van der Waals surface area contributed by atoms with Crippen molar-refractivity contribution >= 4 is 24.4 Å². The van der Waals surface area contributed by atoms with Crippen LogP contribution in [0, 0.1) is 53.5 Å². The fraction of sp³-hybridized carbons (Fsp3) is 0.389. The number of hydrogen-bond acceptors (Lipinski definition) is 3. The summed E-state index contributed by atoms with van der Waals surface area (Å²) in [4.78, 5) is 0. The smallest absolute Gasteiger partial charge is 1.00 e. The molecule has 1 unspecified atom stereocenters. The Bertz CT molecular complexity index is 1270. The molecule has 8 heteroatoms. The summed E-state index contributed by atoms with van der Waals surface area (Å²) in [5.74, 6) is 3.46. The van der Waals surface area contributed by atoms with Crippen LogP contribution in [0.2, 0.25) is 0 Å². The molecule has 1 atom stereocenters. The Morgan fingerprint density at radius 2 is 0.773 bits per heavy atom. The Morgan fingerprint density at radius 3 is 0.909 bits per heavy atom. The molecule has 1 radical (unpaired) electrons. The zero-order chi connectivity index (χ0) is 29.9. The van der Waals surface area contributed by atoms with Gasteiger partial charge in [0.25, 0.3) is 0 Å². The summed E-state index contributed by atoms with van der Waals surface area (Å²) in [6.07, 6.45) is 3.36. The van der Waals surface area contributed by atoms with Crippen LogP contribution in [0.5, 0.6) is 17.2 Å². The third-order valence-electron chi connectivity index (χ3n) is 8.10. The van der Waals surface area contributed by atoms with E-state index in [9.17, 15) is 0 Å². The van der Waals surface area contributed by atoms with Gasteiger partial charge < -0.3 is 51.4 Å². The second-order valence-corrected chi connectivity index (χ2v) is 13.6. The van der Waals surface area contributed by atoms with Gasteiger partial charge in [-0.15, -0.1) is 6.92 Å². The average molecular weight is 709 g/mol. The molecule has 0 fully saturated rings. The second-order valence-electron chi connectivity index (χ2n) is 11.1. The van der Waals surface area contributed by atoms with Gasteiger partial charge in [-0.25, -0.2) is 5.57 Å². The number of methoxy groups -OCH3 is 3. The van der Waals surface area contributed by atoms with Crippen molar-refractivity contribution in [1.29, 1.82) is 0 Å². The molecule has 0 saturated carbocycles. The zero-order valence-electron chi connectivity index (χ0n) is 28.4. The van der Waals surface area contributed by atoms with E-state index in [2.05, 4.69) is 112 Å². The summed E-state index contributed by atoms with van der Waals surface area (Å²) in [6.45, 7) is 21.4. The molecular weight excluding hydrogens is 663 g/mol. The number of rotatable bonds is 6. The fourth-order valence-corrected chi connectivity index (χ4v) is 9.08. The third-order valence-corrected chi connectivity index (χ3v) is 10.7. The van der Waals surface area contributed by atoms with Crippen molar-refractivity contribution in [3.05, 3.63) is 92.6 Å². The maximum absolute atomic E-state index is 5.64. The predicted octanol–water partition coefficient (Wildman–Crippen LogP) is -2.19. The molecule has 3 aromatic rings. The van der Waals surface area contributed by atoms with Crippen LogP contribution in [-0.4, -0.2) is 30.1 Å². The van der Waals surface area contributed by atoms with Gasteiger partial charge in [0.15, 0.2) is 8.80 Å². The summed E-state index contributed by atoms with van der Waals surface area (Å²) >= 11 is 0. The first-order valence-corrected chi connectivity index (χ1v) is 15.5. The van der Waals surface area contributed by atoms with E-state index in [1.54, 1.807) is 21.3 Å². The van der Waals surface area contributed by atoms with Crippen LogP contribution in [0.25, 0.3) is 0 Å². The summed E-state index contributed by atoms with van der Waals surface area (Å²) in [6, 6.07) is 13.8. The van der Waals surface area contributed by atoms with Crippen LogP contribution in [0.1, 0.15) is 61.1 Å². The number of benzene rings is 3. The minimum absolute atomic E-state index is 0. The summed E-state index contributed by atoms with van der Waals surface area (Å²) in [5.41, 5.74) is 11.3. The van der Waals surface area contributed by atoms with Crippen molar-refractivity contribution < 1.29 is 73.1 Å². The summed E-state index contributed by atoms with van der Waals surface area (Å²) < 4.78 is 16.9. The van der Waals surface area contributed by atoms with Crippen LogP contribution in [0.3, 0.4) is 0 Å². The van der Waals surface area contributed by atoms with E-state index in [0.717, 1.165) is 17.2 Å². The van der Waals surface area contributed by atoms with Crippen molar-refractivity contribution in [3.63, 3.8) is 0 Å². The number of halogens is 3. The van der Waals surface area contributed by atoms with Gasteiger partial charge in [-0.3, -0.25) is 6.08 Å². The molecule has 0 bridgehead atoms. The first-order chi connectivity index (χ1) is 18.8. The molecule has 1 aliphatic carbocycles. The normalized spacial score (nSPS) is 13.3. The largest absolute Gasteiger partial charge is 4.00 e. The van der Waals surface area contributed by atoms with E-state index in [-0.39, 0.29) is 58.9 Å². The van der Waals surface area contributed by atoms with Crippen LogP contribution in [0.15, 0.2) is 53.1 Å². The average Bonchev–Trinajstić information content (AvgIpc) is 3.09. The van der Waals surface area contributed by atoms with Crippen molar-refractivity contribution in [2.45, 2.75) is 69.2 Å². The predicted molar refractivity (Wildman–Crippen MR) is 172 cm³/mol. The maximum Gasteiger partial charge on any atom is 4.00 e. The number of aryl methyl sites for hydroxylation is 6. The Labute approximate surface area is 302 Å². The maximum atomic E-state index is 5.64. The molecule has 0 heterocycles. The van der Waals surface area contributed by atoms with E-state index in [4.69, 9.17) is 14.2 Å². The Kier molecular flexibility index (Phi) is 19.3. The van der Waals surface area contributed by atoms with E-state index in [0.29, 0.717) is 5.92 Å². The van der Waals surface area contributed by atoms with Crippen molar-refractivity contribution in [1.82, 2.24) is 0 Å². The van der Waals surface area contributed by atoms with E-state index >= 15 is 0 Å². The molecule has 237 valence electrons. The van der Waals surface area contributed by atoms with Crippen LogP contribution < -0.4 is 67.0 Å². The quantitative estimate of drug-likeness (QED) is 0.166. The molecule has 4 rings (SSSR count). The van der Waals surface area contributed by atoms with Crippen LogP contribution >= 0.6 is 0 Å². The number of allylic oxidation sites excluding steroid dienone is 4. The van der Waals surface area contributed by atoms with E-state index in [1.807, 2.05) is 0 Å². The molecule has 3 aromatic carbocycles. The first-order valence-electron chi connectivity index (χ1n) is 14.0. The molecule has 3 nitrogen and oxygen atoms in total. The molecular formula is C36H46Cl3O3SiTi.